The standard InChI is InChI=1S/C12H10Cl2N2O/c1-16-11(5-4-10(15)12(16)17)8-3-2-7(13)6-9(8)14/h2-6H,15H2,1H3. The van der Waals surface area contributed by atoms with Crippen LogP contribution in [0.15, 0.2) is 35.1 Å². The first-order chi connectivity index (χ1) is 8.00. The van der Waals surface area contributed by atoms with Crippen LogP contribution in [0.25, 0.3) is 11.3 Å². The Morgan fingerprint density at radius 1 is 1.18 bits per heavy atom. The Kier molecular flexibility index (Phi) is 3.13. The van der Waals surface area contributed by atoms with E-state index < -0.39 is 0 Å². The molecule has 17 heavy (non-hydrogen) atoms. The summed E-state index contributed by atoms with van der Waals surface area (Å²) in [5, 5.41) is 1.05. The fraction of sp³-hybridized carbons (Fsp3) is 0.0833. The number of halogens is 2. The highest BCUT2D eigenvalue weighted by Crippen LogP contribution is 2.29. The maximum atomic E-state index is 11.7. The number of aromatic nitrogens is 1. The van der Waals surface area contributed by atoms with Crippen LogP contribution in [0.3, 0.4) is 0 Å². The molecule has 0 amide bonds. The molecule has 3 nitrogen and oxygen atoms in total. The van der Waals surface area contributed by atoms with E-state index in [9.17, 15) is 4.79 Å². The van der Waals surface area contributed by atoms with E-state index in [2.05, 4.69) is 0 Å². The van der Waals surface area contributed by atoms with Crippen LogP contribution in [0.5, 0.6) is 0 Å². The summed E-state index contributed by atoms with van der Waals surface area (Å²) in [6.45, 7) is 0. The maximum Gasteiger partial charge on any atom is 0.273 e. The van der Waals surface area contributed by atoms with Crippen LogP contribution in [0.4, 0.5) is 5.69 Å². The second-order valence-electron chi connectivity index (χ2n) is 3.66. The van der Waals surface area contributed by atoms with Gasteiger partial charge in [-0.25, -0.2) is 0 Å². The summed E-state index contributed by atoms with van der Waals surface area (Å²) in [6.07, 6.45) is 0. The summed E-state index contributed by atoms with van der Waals surface area (Å²) in [4.78, 5) is 11.7. The molecule has 0 spiro atoms. The fourth-order valence-electron chi connectivity index (χ4n) is 1.62. The summed E-state index contributed by atoms with van der Waals surface area (Å²) in [5.41, 5.74) is 6.96. The van der Waals surface area contributed by atoms with Crippen LogP contribution in [0.2, 0.25) is 10.0 Å². The predicted octanol–water partition coefficient (Wildman–Crippen LogP) is 2.94. The number of benzene rings is 1. The van der Waals surface area contributed by atoms with Gasteiger partial charge < -0.3 is 10.3 Å². The number of rotatable bonds is 1. The van der Waals surface area contributed by atoms with Gasteiger partial charge in [-0.15, -0.1) is 0 Å². The van der Waals surface area contributed by atoms with Crippen LogP contribution in [-0.4, -0.2) is 4.57 Å². The first-order valence-electron chi connectivity index (χ1n) is 4.91. The lowest BCUT2D eigenvalue weighted by atomic mass is 10.1. The highest BCUT2D eigenvalue weighted by atomic mass is 35.5. The van der Waals surface area contributed by atoms with E-state index in [-0.39, 0.29) is 11.2 Å². The van der Waals surface area contributed by atoms with Gasteiger partial charge in [0.25, 0.3) is 5.56 Å². The molecule has 2 aromatic rings. The molecule has 0 unspecified atom stereocenters. The normalized spacial score (nSPS) is 10.5. The number of hydrogen-bond donors (Lipinski definition) is 1. The van der Waals surface area contributed by atoms with Crippen molar-refractivity contribution in [3.8, 4) is 11.3 Å². The Morgan fingerprint density at radius 2 is 1.88 bits per heavy atom. The average molecular weight is 269 g/mol. The predicted molar refractivity (Wildman–Crippen MR) is 71.6 cm³/mol. The molecule has 0 saturated carbocycles. The summed E-state index contributed by atoms with van der Waals surface area (Å²) >= 11 is 11.9. The number of pyridine rings is 1. The minimum atomic E-state index is -0.242. The van der Waals surface area contributed by atoms with Gasteiger partial charge in [-0.1, -0.05) is 23.2 Å². The molecule has 2 N–H and O–H groups in total. The first kappa shape index (κ1) is 12.0. The lowest BCUT2D eigenvalue weighted by Gasteiger charge is -2.10. The minimum absolute atomic E-state index is 0.210. The van der Waals surface area contributed by atoms with Crippen molar-refractivity contribution in [3.05, 3.63) is 50.7 Å². The Hall–Kier alpha value is -1.45. The van der Waals surface area contributed by atoms with Crippen molar-refractivity contribution < 1.29 is 0 Å². The van der Waals surface area contributed by atoms with Gasteiger partial charge in [0.15, 0.2) is 0 Å². The molecule has 0 aliphatic carbocycles. The molecule has 0 atom stereocenters. The van der Waals surface area contributed by atoms with E-state index in [1.54, 1.807) is 37.4 Å². The van der Waals surface area contributed by atoms with Gasteiger partial charge in [0.05, 0.1) is 16.4 Å². The Balaban J connectivity index is 2.69. The zero-order valence-corrected chi connectivity index (χ0v) is 10.6. The summed E-state index contributed by atoms with van der Waals surface area (Å²) in [6, 6.07) is 8.47. The van der Waals surface area contributed by atoms with E-state index in [0.717, 1.165) is 5.56 Å². The highest BCUT2D eigenvalue weighted by molar-refractivity contribution is 6.36. The van der Waals surface area contributed by atoms with E-state index in [1.807, 2.05) is 0 Å². The van der Waals surface area contributed by atoms with Crippen molar-refractivity contribution in [1.82, 2.24) is 4.57 Å². The SMILES string of the molecule is Cn1c(-c2ccc(Cl)cc2Cl)ccc(N)c1=O. The van der Waals surface area contributed by atoms with Gasteiger partial charge in [0.2, 0.25) is 0 Å². The van der Waals surface area contributed by atoms with Crippen LogP contribution in [0, 0.1) is 0 Å². The van der Waals surface area contributed by atoms with E-state index in [0.29, 0.717) is 15.7 Å². The van der Waals surface area contributed by atoms with Gasteiger partial charge in [-0.2, -0.15) is 0 Å². The molecule has 0 aliphatic rings. The molecule has 0 aliphatic heterocycles. The molecule has 1 aromatic carbocycles. The van der Waals surface area contributed by atoms with Crippen molar-refractivity contribution in [2.45, 2.75) is 0 Å². The lowest BCUT2D eigenvalue weighted by molar-refractivity contribution is 0.874. The molecule has 0 radical (unpaired) electrons. The van der Waals surface area contributed by atoms with Crippen molar-refractivity contribution in [1.29, 1.82) is 0 Å². The number of nitrogens with two attached hydrogens (primary N) is 1. The molecule has 88 valence electrons. The van der Waals surface area contributed by atoms with E-state index in [1.165, 1.54) is 4.57 Å². The van der Waals surface area contributed by atoms with Gasteiger partial charge in [0, 0.05) is 17.6 Å². The van der Waals surface area contributed by atoms with Crippen molar-refractivity contribution in [2.24, 2.45) is 7.05 Å². The number of nitrogens with zero attached hydrogens (tertiary/aromatic N) is 1. The minimum Gasteiger partial charge on any atom is -0.394 e. The maximum absolute atomic E-state index is 11.7. The molecule has 1 heterocycles. The third-order valence-electron chi connectivity index (χ3n) is 2.54. The molecule has 1 aromatic heterocycles. The molecule has 0 bridgehead atoms. The lowest BCUT2D eigenvalue weighted by Crippen LogP contribution is -2.21. The number of anilines is 1. The smallest absolute Gasteiger partial charge is 0.273 e. The molecular formula is C12H10Cl2N2O. The van der Waals surface area contributed by atoms with Gasteiger partial charge in [0.1, 0.15) is 0 Å². The summed E-state index contributed by atoms with van der Waals surface area (Å²) in [5.74, 6) is 0. The van der Waals surface area contributed by atoms with Crippen molar-refractivity contribution in [2.75, 3.05) is 5.73 Å². The van der Waals surface area contributed by atoms with E-state index in [4.69, 9.17) is 28.9 Å². The van der Waals surface area contributed by atoms with Gasteiger partial charge >= 0.3 is 0 Å². The van der Waals surface area contributed by atoms with Gasteiger partial charge in [-0.05, 0) is 30.3 Å². The molecule has 0 fully saturated rings. The molecule has 5 heteroatoms. The van der Waals surface area contributed by atoms with Crippen molar-refractivity contribution >= 4 is 28.9 Å². The van der Waals surface area contributed by atoms with Crippen LogP contribution >= 0.6 is 23.2 Å². The Morgan fingerprint density at radius 3 is 2.53 bits per heavy atom. The van der Waals surface area contributed by atoms with Gasteiger partial charge in [-0.3, -0.25) is 4.79 Å². The zero-order chi connectivity index (χ0) is 12.6. The van der Waals surface area contributed by atoms with Crippen LogP contribution < -0.4 is 11.3 Å². The second-order valence-corrected chi connectivity index (χ2v) is 4.51. The summed E-state index contributed by atoms with van der Waals surface area (Å²) < 4.78 is 1.46. The Bertz CT molecular complexity index is 635. The number of hydrogen-bond acceptors (Lipinski definition) is 2. The fourth-order valence-corrected chi connectivity index (χ4v) is 2.13. The number of nitrogen functional groups attached to an aromatic ring is 1. The third-order valence-corrected chi connectivity index (χ3v) is 3.09. The van der Waals surface area contributed by atoms with Crippen LogP contribution in [0.1, 0.15) is 0 Å². The first-order valence-corrected chi connectivity index (χ1v) is 5.67. The monoisotopic (exact) mass is 268 g/mol. The molecule has 2 rings (SSSR count). The highest BCUT2D eigenvalue weighted by Gasteiger charge is 2.09. The third kappa shape index (κ3) is 2.16. The Labute approximate surface area is 108 Å². The largest absolute Gasteiger partial charge is 0.394 e. The molecule has 0 saturated heterocycles. The summed E-state index contributed by atoms with van der Waals surface area (Å²) in [7, 11) is 1.65. The zero-order valence-electron chi connectivity index (χ0n) is 9.08. The van der Waals surface area contributed by atoms with Crippen molar-refractivity contribution in [3.63, 3.8) is 0 Å². The average Bonchev–Trinajstić information content (AvgIpc) is 2.28. The molecular weight excluding hydrogens is 259 g/mol. The topological polar surface area (TPSA) is 48.0 Å². The van der Waals surface area contributed by atoms with Crippen LogP contribution in [-0.2, 0) is 7.05 Å². The van der Waals surface area contributed by atoms with E-state index >= 15 is 0 Å². The quantitative estimate of drug-likeness (QED) is 0.865. The second kappa shape index (κ2) is 4.43.